The summed E-state index contributed by atoms with van der Waals surface area (Å²) in [6.45, 7) is 2.89. The van der Waals surface area contributed by atoms with Crippen LogP contribution >= 0.6 is 0 Å². The fourth-order valence-electron chi connectivity index (χ4n) is 5.20. The summed E-state index contributed by atoms with van der Waals surface area (Å²) in [6, 6.07) is 14.4. The molecular weight excluding hydrogens is 641 g/mol. The molecule has 10 nitrogen and oxygen atoms in total. The first-order chi connectivity index (χ1) is 22.6. The third-order valence-electron chi connectivity index (χ3n) is 8.09. The van der Waals surface area contributed by atoms with E-state index in [1.54, 1.807) is 49.6 Å². The maximum absolute atomic E-state index is 12.8. The molecule has 1 unspecified atom stereocenters. The Morgan fingerprint density at radius 2 is 1.45 bits per heavy atom. The van der Waals surface area contributed by atoms with E-state index in [4.69, 9.17) is 14.2 Å². The van der Waals surface area contributed by atoms with Gasteiger partial charge in [0.1, 0.15) is 24.2 Å². The molecule has 2 aromatic carbocycles. The molecule has 1 aliphatic rings. The highest BCUT2D eigenvalue weighted by Crippen LogP contribution is 2.22. The molecule has 0 amide bonds. The number of nitrogens with one attached hydrogen (secondary N) is 1. The molecule has 0 spiro atoms. The van der Waals surface area contributed by atoms with E-state index >= 15 is 0 Å². The predicted molar refractivity (Wildman–Crippen MR) is 188 cm³/mol. The van der Waals surface area contributed by atoms with Crippen LogP contribution in [0.1, 0.15) is 76.7 Å². The van der Waals surface area contributed by atoms with Crippen LogP contribution in [0.15, 0.2) is 54.6 Å². The van der Waals surface area contributed by atoms with Crippen LogP contribution in [0, 0.1) is 0 Å². The third-order valence-corrected chi connectivity index (χ3v) is 11.1. The Labute approximate surface area is 281 Å². The summed E-state index contributed by atoms with van der Waals surface area (Å²) in [7, 11) is -4.97. The Hall–Kier alpha value is -3.09. The number of hydrogen-bond donors (Lipinski definition) is 1. The lowest BCUT2D eigenvalue weighted by Crippen LogP contribution is -2.40. The zero-order chi connectivity index (χ0) is 34.0. The lowest BCUT2D eigenvalue weighted by atomic mass is 10.1. The van der Waals surface area contributed by atoms with Gasteiger partial charge in [0.05, 0.1) is 30.9 Å². The van der Waals surface area contributed by atoms with Gasteiger partial charge in [-0.1, -0.05) is 76.8 Å². The Morgan fingerprint density at radius 1 is 0.872 bits per heavy atom. The number of hydrogen-bond acceptors (Lipinski definition) is 9. The second kappa shape index (κ2) is 20.3. The number of sulfone groups is 1. The van der Waals surface area contributed by atoms with Crippen LogP contribution in [0.2, 0.25) is 0 Å². The van der Waals surface area contributed by atoms with Crippen molar-refractivity contribution in [3.05, 3.63) is 60.2 Å². The minimum absolute atomic E-state index is 0.0155. The first-order valence-corrected chi connectivity index (χ1v) is 20.2. The average molecular weight is 693 g/mol. The lowest BCUT2D eigenvalue weighted by molar-refractivity contribution is -0.144. The van der Waals surface area contributed by atoms with Gasteiger partial charge in [0, 0.05) is 24.9 Å². The van der Waals surface area contributed by atoms with Crippen molar-refractivity contribution < 1.29 is 35.8 Å². The first-order valence-electron chi connectivity index (χ1n) is 16.8. The van der Waals surface area contributed by atoms with E-state index in [1.165, 1.54) is 44.6 Å². The van der Waals surface area contributed by atoms with Crippen LogP contribution in [-0.2, 0) is 29.4 Å². The fourth-order valence-corrected chi connectivity index (χ4v) is 7.57. The number of esters is 1. The van der Waals surface area contributed by atoms with Crippen LogP contribution in [0.3, 0.4) is 0 Å². The molecule has 1 N–H and O–H groups in total. The quantitative estimate of drug-likeness (QED) is 0.0929. The topological polar surface area (TPSA) is 128 Å². The number of rotatable bonds is 22. The fraction of sp³-hybridized carbons (Fsp3) is 0.571. The molecule has 0 aliphatic carbocycles. The molecule has 12 heteroatoms. The van der Waals surface area contributed by atoms with E-state index < -0.39 is 31.9 Å². The molecule has 0 bridgehead atoms. The monoisotopic (exact) mass is 692 g/mol. The Balaban J connectivity index is 1.51. The molecule has 47 heavy (non-hydrogen) atoms. The minimum Gasteiger partial charge on any atom is -0.497 e. The highest BCUT2D eigenvalue weighted by Gasteiger charge is 2.22. The lowest BCUT2D eigenvalue weighted by Gasteiger charge is -2.28. The number of carbonyl (C=O) groups is 1. The van der Waals surface area contributed by atoms with Gasteiger partial charge in [-0.2, -0.15) is 0 Å². The number of unbranched alkanes of at least 4 members (excludes halogenated alkanes) is 9. The zero-order valence-corrected chi connectivity index (χ0v) is 29.5. The summed E-state index contributed by atoms with van der Waals surface area (Å²) >= 11 is 0. The molecule has 0 aromatic heterocycles. The van der Waals surface area contributed by atoms with Crippen molar-refractivity contribution in [2.75, 3.05) is 55.5 Å². The van der Waals surface area contributed by atoms with Crippen LogP contribution in [0.5, 0.6) is 11.5 Å². The first kappa shape index (κ1) is 38.4. The smallest absolute Gasteiger partial charge is 0.331 e. The van der Waals surface area contributed by atoms with Gasteiger partial charge in [-0.15, -0.1) is 0 Å². The van der Waals surface area contributed by atoms with E-state index in [0.717, 1.165) is 30.5 Å². The molecule has 0 saturated carbocycles. The van der Waals surface area contributed by atoms with E-state index in [1.807, 2.05) is 17.0 Å². The number of methoxy groups -OCH3 is 1. The van der Waals surface area contributed by atoms with Gasteiger partial charge in [-0.25, -0.2) is 26.4 Å². The van der Waals surface area contributed by atoms with Crippen molar-refractivity contribution in [3.63, 3.8) is 0 Å². The van der Waals surface area contributed by atoms with Crippen LogP contribution < -0.4 is 19.1 Å². The van der Waals surface area contributed by atoms with Gasteiger partial charge in [-0.3, -0.25) is 0 Å². The Morgan fingerprint density at radius 3 is 2.04 bits per heavy atom. The second-order valence-electron chi connectivity index (χ2n) is 12.0. The molecule has 1 aliphatic heterocycles. The number of benzene rings is 2. The largest absolute Gasteiger partial charge is 0.497 e. The summed E-state index contributed by atoms with van der Waals surface area (Å²) in [5.41, 5.74) is 1.66. The van der Waals surface area contributed by atoms with Gasteiger partial charge < -0.3 is 19.1 Å². The van der Waals surface area contributed by atoms with Gasteiger partial charge >= 0.3 is 5.97 Å². The molecule has 1 fully saturated rings. The number of sulfonamides is 1. The number of nitrogens with zero attached hydrogens (tertiary/aromatic N) is 1. The molecule has 2 aromatic rings. The highest BCUT2D eigenvalue weighted by molar-refractivity contribution is 7.91. The van der Waals surface area contributed by atoms with E-state index in [0.29, 0.717) is 31.0 Å². The summed E-state index contributed by atoms with van der Waals surface area (Å²) in [5.74, 6) is 0.853. The van der Waals surface area contributed by atoms with Gasteiger partial charge in [0.15, 0.2) is 9.84 Å². The van der Waals surface area contributed by atoms with Gasteiger partial charge in [0.25, 0.3) is 0 Å². The van der Waals surface area contributed by atoms with E-state index in [9.17, 15) is 21.6 Å². The van der Waals surface area contributed by atoms with Gasteiger partial charge in [0.2, 0.25) is 10.0 Å². The van der Waals surface area contributed by atoms with Crippen molar-refractivity contribution in [1.29, 1.82) is 0 Å². The maximum Gasteiger partial charge on any atom is 0.331 e. The third kappa shape index (κ3) is 15.6. The molecule has 262 valence electrons. The summed E-state index contributed by atoms with van der Waals surface area (Å²) in [6.07, 6.45) is 13.1. The molecule has 0 radical (unpaired) electrons. The molecular formula is C35H52N2O8S2. The SMILES string of the molecule is CCCCCCCCCCCCS(=O)(=O)NCC(COc1ccc(N2CCS(=O)(=O)CC2)cc1)OC(=O)C=Cc1ccc(OC)cc1. The molecule has 1 heterocycles. The van der Waals surface area contributed by atoms with E-state index in [2.05, 4.69) is 11.6 Å². The van der Waals surface area contributed by atoms with Crippen molar-refractivity contribution in [1.82, 2.24) is 4.72 Å². The second-order valence-corrected chi connectivity index (χ2v) is 16.2. The predicted octanol–water partition coefficient (Wildman–Crippen LogP) is 5.77. The van der Waals surface area contributed by atoms with Crippen molar-refractivity contribution in [2.45, 2.75) is 77.2 Å². The standard InChI is InChI=1S/C35H52N2O8S2/c1-3-4-5-6-7-8-9-10-11-12-25-47(41,42)36-28-34(45-35(38)22-15-30-13-18-32(43-2)19-14-30)29-44-33-20-16-31(17-21-33)37-23-26-46(39,40)27-24-37/h13-22,34,36H,3-12,23-29H2,1-2H3. The summed E-state index contributed by atoms with van der Waals surface area (Å²) in [4.78, 5) is 14.7. The Bertz CT molecular complexity index is 1430. The summed E-state index contributed by atoms with van der Waals surface area (Å²) in [5, 5.41) is 0. The van der Waals surface area contributed by atoms with Crippen LogP contribution in [-0.4, -0.2) is 79.5 Å². The van der Waals surface area contributed by atoms with E-state index in [-0.39, 0.29) is 30.4 Å². The minimum atomic E-state index is -3.57. The maximum atomic E-state index is 12.8. The van der Waals surface area contributed by atoms with Crippen molar-refractivity contribution in [3.8, 4) is 11.5 Å². The Kier molecular flexibility index (Phi) is 16.6. The van der Waals surface area contributed by atoms with Crippen molar-refractivity contribution >= 4 is 37.6 Å². The number of carbonyl (C=O) groups excluding carboxylic acids is 1. The normalized spacial score (nSPS) is 15.4. The average Bonchev–Trinajstić information content (AvgIpc) is 3.06. The van der Waals surface area contributed by atoms with Gasteiger partial charge in [-0.05, 0) is 54.5 Å². The molecule has 1 atom stereocenters. The van der Waals surface area contributed by atoms with Crippen LogP contribution in [0.25, 0.3) is 6.08 Å². The zero-order valence-electron chi connectivity index (χ0n) is 27.9. The molecule has 3 rings (SSSR count). The number of anilines is 1. The van der Waals surface area contributed by atoms with Crippen molar-refractivity contribution in [2.24, 2.45) is 0 Å². The number of ether oxygens (including phenoxy) is 3. The van der Waals surface area contributed by atoms with Crippen LogP contribution in [0.4, 0.5) is 5.69 Å². The highest BCUT2D eigenvalue weighted by atomic mass is 32.2. The summed E-state index contributed by atoms with van der Waals surface area (Å²) < 4.78 is 68.3. The molecule has 1 saturated heterocycles.